The van der Waals surface area contributed by atoms with Crippen LogP contribution in [0.4, 0.5) is 19.1 Å². The molecule has 3 heterocycles. The molecule has 3 N–H and O–H groups in total. The van der Waals surface area contributed by atoms with E-state index in [9.17, 15) is 18.0 Å². The van der Waals surface area contributed by atoms with Crippen LogP contribution in [0.2, 0.25) is 0 Å². The zero-order chi connectivity index (χ0) is 20.5. The molecular weight excluding hydrogens is 389 g/mol. The number of alkyl halides is 3. The number of carbonyl (C=O) groups excluding carboxylic acids is 1. The average molecular weight is 406 g/mol. The Bertz CT molecular complexity index is 1030. The topological polar surface area (TPSA) is 121 Å². The molecular formula is C17H17F3N8O. The molecule has 1 amide bonds. The summed E-state index contributed by atoms with van der Waals surface area (Å²) in [5.74, 6) is -0.271. The van der Waals surface area contributed by atoms with Crippen molar-refractivity contribution in [2.24, 2.45) is 0 Å². The number of aromatic nitrogens is 6. The van der Waals surface area contributed by atoms with Crippen molar-refractivity contribution in [2.45, 2.75) is 37.4 Å². The largest absolute Gasteiger partial charge is 0.405 e. The Kier molecular flexibility index (Phi) is 4.76. The predicted molar refractivity (Wildman–Crippen MR) is 96.6 cm³/mol. The summed E-state index contributed by atoms with van der Waals surface area (Å²) in [5.41, 5.74) is 0.0736. The predicted octanol–water partition coefficient (Wildman–Crippen LogP) is 2.21. The van der Waals surface area contributed by atoms with Gasteiger partial charge in [0, 0.05) is 23.3 Å². The number of aromatic amines is 1. The Morgan fingerprint density at radius 3 is 2.72 bits per heavy atom. The van der Waals surface area contributed by atoms with Crippen LogP contribution in [-0.4, -0.2) is 54.1 Å². The molecule has 1 fully saturated rings. The zero-order valence-electron chi connectivity index (χ0n) is 15.1. The summed E-state index contributed by atoms with van der Waals surface area (Å²) in [6.45, 7) is -1.38. The Morgan fingerprint density at radius 1 is 1.17 bits per heavy atom. The van der Waals surface area contributed by atoms with Gasteiger partial charge in [-0.3, -0.25) is 4.79 Å². The summed E-state index contributed by atoms with van der Waals surface area (Å²) in [6, 6.07) is 0. The van der Waals surface area contributed by atoms with Crippen LogP contribution in [0.5, 0.6) is 0 Å². The van der Waals surface area contributed by atoms with Gasteiger partial charge < -0.3 is 15.6 Å². The fraction of sp³-hybridized carbons (Fsp3) is 0.412. The summed E-state index contributed by atoms with van der Waals surface area (Å²) >= 11 is 0. The maximum absolute atomic E-state index is 12.5. The Morgan fingerprint density at radius 2 is 1.97 bits per heavy atom. The number of rotatable bonds is 5. The third-order valence-electron chi connectivity index (χ3n) is 4.86. The normalized spacial score (nSPS) is 16.1. The molecule has 0 radical (unpaired) electrons. The van der Waals surface area contributed by atoms with Gasteiger partial charge in [-0.15, -0.1) is 0 Å². The van der Waals surface area contributed by atoms with E-state index in [1.807, 2.05) is 5.32 Å². The first-order valence-corrected chi connectivity index (χ1v) is 8.96. The molecule has 3 aromatic heterocycles. The highest BCUT2D eigenvalue weighted by molar-refractivity contribution is 5.91. The van der Waals surface area contributed by atoms with Crippen LogP contribution in [-0.2, 0) is 4.79 Å². The minimum Gasteiger partial charge on any atom is -0.345 e. The number of halogens is 3. The lowest BCUT2D eigenvalue weighted by molar-refractivity contribution is -0.141. The highest BCUT2D eigenvalue weighted by atomic mass is 19.4. The minimum atomic E-state index is -4.48. The van der Waals surface area contributed by atoms with Crippen LogP contribution < -0.4 is 10.6 Å². The van der Waals surface area contributed by atoms with Crippen molar-refractivity contribution in [1.82, 2.24) is 35.2 Å². The van der Waals surface area contributed by atoms with E-state index in [1.165, 1.54) is 12.7 Å². The van der Waals surface area contributed by atoms with Crippen LogP contribution in [0, 0.1) is 0 Å². The van der Waals surface area contributed by atoms with Crippen LogP contribution in [0.15, 0.2) is 25.0 Å². The standard InChI is InChI=1S/C17H17F3N8O/c18-17(19,20)7-23-14(29)16(3-1-2-4-16)28-15-26-9-25-13(27-15)11-6-22-12-10(11)5-21-8-24-12/h5-6,8-9H,1-4,7H2,(H,23,29)(H,21,22,24)(H,25,26,27,28). The first-order chi connectivity index (χ1) is 13.9. The second-order valence-corrected chi connectivity index (χ2v) is 6.83. The maximum atomic E-state index is 12.5. The molecule has 29 heavy (non-hydrogen) atoms. The fourth-order valence-electron chi connectivity index (χ4n) is 3.48. The van der Waals surface area contributed by atoms with Crippen LogP contribution in [0.25, 0.3) is 22.4 Å². The number of nitrogens with zero attached hydrogens (tertiary/aromatic N) is 5. The lowest BCUT2D eigenvalue weighted by atomic mass is 9.96. The van der Waals surface area contributed by atoms with Crippen molar-refractivity contribution in [3.05, 3.63) is 25.0 Å². The molecule has 3 aromatic rings. The number of anilines is 1. The molecule has 1 saturated carbocycles. The van der Waals surface area contributed by atoms with Crippen LogP contribution >= 0.6 is 0 Å². The summed E-state index contributed by atoms with van der Waals surface area (Å²) < 4.78 is 37.5. The van der Waals surface area contributed by atoms with Gasteiger partial charge in [0.1, 0.15) is 30.4 Å². The van der Waals surface area contributed by atoms with Gasteiger partial charge in [-0.1, -0.05) is 12.8 Å². The number of fused-ring (bicyclic) bond motifs is 1. The SMILES string of the molecule is O=C(NCC(F)(F)F)C1(Nc2ncnc(-c3c[nH]c4ncncc34)n2)CCCC1. The van der Waals surface area contributed by atoms with Crippen LogP contribution in [0.3, 0.4) is 0 Å². The molecule has 0 bridgehead atoms. The molecule has 152 valence electrons. The first kappa shape index (κ1) is 19.0. The number of amides is 1. The van der Waals surface area contributed by atoms with E-state index in [0.717, 1.165) is 0 Å². The molecule has 0 spiro atoms. The Labute approximate surface area is 162 Å². The maximum Gasteiger partial charge on any atom is 0.405 e. The number of hydrogen-bond acceptors (Lipinski definition) is 7. The van der Waals surface area contributed by atoms with Gasteiger partial charge >= 0.3 is 6.18 Å². The highest BCUT2D eigenvalue weighted by Crippen LogP contribution is 2.33. The van der Waals surface area contributed by atoms with E-state index in [0.29, 0.717) is 48.1 Å². The first-order valence-electron chi connectivity index (χ1n) is 8.96. The van der Waals surface area contributed by atoms with Gasteiger partial charge in [0.2, 0.25) is 11.9 Å². The molecule has 0 aliphatic heterocycles. The number of hydrogen-bond donors (Lipinski definition) is 3. The van der Waals surface area contributed by atoms with Crippen molar-refractivity contribution in [3.8, 4) is 11.4 Å². The van der Waals surface area contributed by atoms with Gasteiger partial charge in [0.25, 0.3) is 0 Å². The second kappa shape index (κ2) is 7.26. The smallest absolute Gasteiger partial charge is 0.345 e. The van der Waals surface area contributed by atoms with Gasteiger partial charge in [0.05, 0.1) is 0 Å². The fourth-order valence-corrected chi connectivity index (χ4v) is 3.48. The molecule has 0 unspecified atom stereocenters. The summed E-state index contributed by atoms with van der Waals surface area (Å²) in [6.07, 6.45) is 3.71. The van der Waals surface area contributed by atoms with Crippen molar-refractivity contribution < 1.29 is 18.0 Å². The Balaban J connectivity index is 1.59. The quantitative estimate of drug-likeness (QED) is 0.594. The molecule has 1 aliphatic carbocycles. The third kappa shape index (κ3) is 3.96. The second-order valence-electron chi connectivity index (χ2n) is 6.83. The molecule has 1 aliphatic rings. The minimum absolute atomic E-state index is 0.116. The van der Waals surface area contributed by atoms with E-state index >= 15 is 0 Å². The molecule has 0 saturated heterocycles. The number of H-pyrrole nitrogens is 1. The summed E-state index contributed by atoms with van der Waals surface area (Å²) in [5, 5.41) is 5.64. The van der Waals surface area contributed by atoms with Crippen LogP contribution in [0.1, 0.15) is 25.7 Å². The molecule has 4 rings (SSSR count). The van der Waals surface area contributed by atoms with Crippen molar-refractivity contribution >= 4 is 22.9 Å². The number of nitrogens with one attached hydrogen (secondary N) is 3. The Hall–Kier alpha value is -3.31. The molecule has 12 heteroatoms. The lowest BCUT2D eigenvalue weighted by Gasteiger charge is -2.29. The van der Waals surface area contributed by atoms with E-state index in [-0.39, 0.29) is 5.95 Å². The van der Waals surface area contributed by atoms with E-state index in [2.05, 4.69) is 35.2 Å². The van der Waals surface area contributed by atoms with Gasteiger partial charge in [0.15, 0.2) is 5.82 Å². The highest BCUT2D eigenvalue weighted by Gasteiger charge is 2.43. The third-order valence-corrected chi connectivity index (χ3v) is 4.86. The van der Waals surface area contributed by atoms with E-state index < -0.39 is 24.2 Å². The van der Waals surface area contributed by atoms with Crippen molar-refractivity contribution in [3.63, 3.8) is 0 Å². The van der Waals surface area contributed by atoms with Crippen molar-refractivity contribution in [2.75, 3.05) is 11.9 Å². The van der Waals surface area contributed by atoms with Gasteiger partial charge in [-0.2, -0.15) is 18.2 Å². The molecule has 0 atom stereocenters. The summed E-state index contributed by atoms with van der Waals surface area (Å²) in [7, 11) is 0. The number of carbonyl (C=O) groups is 1. The monoisotopic (exact) mass is 406 g/mol. The van der Waals surface area contributed by atoms with Gasteiger partial charge in [-0.25, -0.2) is 19.9 Å². The molecule has 0 aromatic carbocycles. The average Bonchev–Trinajstić information content (AvgIpc) is 3.33. The lowest BCUT2D eigenvalue weighted by Crippen LogP contribution is -2.52. The van der Waals surface area contributed by atoms with Gasteiger partial charge in [-0.05, 0) is 12.8 Å². The summed E-state index contributed by atoms with van der Waals surface area (Å²) in [4.78, 5) is 36.2. The van der Waals surface area contributed by atoms with Crippen molar-refractivity contribution in [1.29, 1.82) is 0 Å². The van der Waals surface area contributed by atoms with E-state index in [1.54, 1.807) is 12.4 Å². The molecule has 9 nitrogen and oxygen atoms in total. The zero-order valence-corrected chi connectivity index (χ0v) is 15.1. The van der Waals surface area contributed by atoms with E-state index in [4.69, 9.17) is 0 Å².